The molecule has 0 bridgehead atoms. The molecule has 32 heavy (non-hydrogen) atoms. The summed E-state index contributed by atoms with van der Waals surface area (Å²) in [5.41, 5.74) is 1.58. The number of carbonyl (C=O) groups excluding carboxylic acids is 1. The molecule has 7 nitrogen and oxygen atoms in total. The van der Waals surface area contributed by atoms with Gasteiger partial charge in [-0.15, -0.1) is 0 Å². The molecule has 1 fully saturated rings. The lowest BCUT2D eigenvalue weighted by Gasteiger charge is -2.40. The zero-order valence-electron chi connectivity index (χ0n) is 19.0. The molecule has 1 saturated heterocycles. The van der Waals surface area contributed by atoms with Gasteiger partial charge in [0, 0.05) is 57.0 Å². The van der Waals surface area contributed by atoms with E-state index < -0.39 is 10.0 Å². The maximum Gasteiger partial charge on any atom is 0.242 e. The topological polar surface area (TPSA) is 73.0 Å². The third kappa shape index (κ3) is 5.50. The SMILES string of the molecule is CC(C(=O)Nc1cccc(S(=O)(=O)N(C)C)c1)N1CCN(C(C)c2ccccc2Cl)CC1. The van der Waals surface area contributed by atoms with Gasteiger partial charge in [0.2, 0.25) is 15.9 Å². The second-order valence-electron chi connectivity index (χ2n) is 8.25. The largest absolute Gasteiger partial charge is 0.325 e. The van der Waals surface area contributed by atoms with E-state index in [1.54, 1.807) is 12.1 Å². The number of anilines is 1. The molecule has 1 aliphatic heterocycles. The number of nitrogens with one attached hydrogen (secondary N) is 1. The molecular weight excluding hydrogens is 448 g/mol. The van der Waals surface area contributed by atoms with Gasteiger partial charge in [-0.2, -0.15) is 0 Å². The lowest BCUT2D eigenvalue weighted by Crippen LogP contribution is -2.53. The van der Waals surface area contributed by atoms with Crippen LogP contribution in [0.4, 0.5) is 5.69 Å². The first kappa shape index (κ1) is 24.7. The lowest BCUT2D eigenvalue weighted by atomic mass is 10.1. The normalized spacial score (nSPS) is 17.8. The number of nitrogens with zero attached hydrogens (tertiary/aromatic N) is 3. The van der Waals surface area contributed by atoms with Crippen LogP contribution in [0.5, 0.6) is 0 Å². The molecule has 0 aromatic heterocycles. The first-order chi connectivity index (χ1) is 15.1. The molecule has 1 aliphatic rings. The van der Waals surface area contributed by atoms with Gasteiger partial charge in [-0.1, -0.05) is 35.9 Å². The van der Waals surface area contributed by atoms with Gasteiger partial charge in [0.05, 0.1) is 10.9 Å². The number of hydrogen-bond acceptors (Lipinski definition) is 5. The lowest BCUT2D eigenvalue weighted by molar-refractivity contribution is -0.121. The molecule has 0 spiro atoms. The Hall–Kier alpha value is -1.97. The standard InChI is InChI=1S/C23H31ClN4O3S/c1-17(21-10-5-6-11-22(21)24)27-12-14-28(15-13-27)18(2)23(29)25-19-8-7-9-20(16-19)32(30,31)26(3)4/h5-11,16-18H,12-15H2,1-4H3,(H,25,29). The Morgan fingerprint density at radius 3 is 2.25 bits per heavy atom. The van der Waals surface area contributed by atoms with Crippen molar-refractivity contribution in [2.24, 2.45) is 0 Å². The molecule has 0 saturated carbocycles. The average molecular weight is 479 g/mol. The second kappa shape index (κ2) is 10.3. The predicted octanol–water partition coefficient (Wildman–Crippen LogP) is 3.30. The Labute approximate surface area is 196 Å². The minimum atomic E-state index is -3.56. The van der Waals surface area contributed by atoms with Gasteiger partial charge >= 0.3 is 0 Å². The summed E-state index contributed by atoms with van der Waals surface area (Å²) < 4.78 is 25.9. The van der Waals surface area contributed by atoms with Gasteiger partial charge in [0.15, 0.2) is 0 Å². The third-order valence-electron chi connectivity index (χ3n) is 6.06. The first-order valence-electron chi connectivity index (χ1n) is 10.7. The van der Waals surface area contributed by atoms with Crippen molar-refractivity contribution in [3.05, 3.63) is 59.1 Å². The fourth-order valence-electron chi connectivity index (χ4n) is 3.88. The monoisotopic (exact) mass is 478 g/mol. The second-order valence-corrected chi connectivity index (χ2v) is 10.8. The van der Waals surface area contributed by atoms with Crippen LogP contribution >= 0.6 is 11.6 Å². The molecule has 0 aliphatic carbocycles. The van der Waals surface area contributed by atoms with Crippen LogP contribution in [0, 0.1) is 0 Å². The van der Waals surface area contributed by atoms with Crippen LogP contribution in [0.25, 0.3) is 0 Å². The highest BCUT2D eigenvalue weighted by Gasteiger charge is 2.28. The van der Waals surface area contributed by atoms with Gasteiger partial charge in [-0.05, 0) is 43.7 Å². The molecule has 1 N–H and O–H groups in total. The highest BCUT2D eigenvalue weighted by atomic mass is 35.5. The summed E-state index contributed by atoms with van der Waals surface area (Å²) in [5, 5.41) is 3.64. The van der Waals surface area contributed by atoms with Crippen molar-refractivity contribution in [3.8, 4) is 0 Å². The van der Waals surface area contributed by atoms with Crippen LogP contribution in [-0.2, 0) is 14.8 Å². The molecule has 9 heteroatoms. The number of rotatable bonds is 7. The first-order valence-corrected chi connectivity index (χ1v) is 12.5. The van der Waals surface area contributed by atoms with Crippen LogP contribution in [0.2, 0.25) is 5.02 Å². The maximum atomic E-state index is 12.8. The number of halogens is 1. The van der Waals surface area contributed by atoms with Crippen molar-refractivity contribution in [3.63, 3.8) is 0 Å². The summed E-state index contributed by atoms with van der Waals surface area (Å²) in [5.74, 6) is -0.156. The smallest absolute Gasteiger partial charge is 0.242 e. The maximum absolute atomic E-state index is 12.8. The van der Waals surface area contributed by atoms with Crippen molar-refractivity contribution >= 4 is 33.2 Å². The molecule has 2 aromatic rings. The fraction of sp³-hybridized carbons (Fsp3) is 0.435. The quantitative estimate of drug-likeness (QED) is 0.661. The highest BCUT2D eigenvalue weighted by Crippen LogP contribution is 2.28. The van der Waals surface area contributed by atoms with E-state index in [0.29, 0.717) is 5.69 Å². The van der Waals surface area contributed by atoms with Gasteiger partial charge in [0.1, 0.15) is 0 Å². The zero-order valence-corrected chi connectivity index (χ0v) is 20.5. The van der Waals surface area contributed by atoms with Crippen LogP contribution in [0.3, 0.4) is 0 Å². The number of amides is 1. The van der Waals surface area contributed by atoms with Crippen molar-refractivity contribution in [1.82, 2.24) is 14.1 Å². The summed E-state index contributed by atoms with van der Waals surface area (Å²) in [6, 6.07) is 14.1. The van der Waals surface area contributed by atoms with E-state index >= 15 is 0 Å². The zero-order chi connectivity index (χ0) is 23.5. The minimum absolute atomic E-state index is 0.148. The number of piperazine rings is 1. The van der Waals surface area contributed by atoms with Crippen LogP contribution in [0.15, 0.2) is 53.4 Å². The Morgan fingerprint density at radius 2 is 1.62 bits per heavy atom. The van der Waals surface area contributed by atoms with E-state index in [1.165, 1.54) is 26.2 Å². The van der Waals surface area contributed by atoms with Gasteiger partial charge in [-0.3, -0.25) is 14.6 Å². The van der Waals surface area contributed by atoms with Crippen LogP contribution in [0.1, 0.15) is 25.5 Å². The van der Waals surface area contributed by atoms with Gasteiger partial charge in [-0.25, -0.2) is 12.7 Å². The van der Waals surface area contributed by atoms with Gasteiger partial charge in [0.25, 0.3) is 0 Å². The van der Waals surface area contributed by atoms with Crippen LogP contribution < -0.4 is 5.32 Å². The van der Waals surface area contributed by atoms with Crippen molar-refractivity contribution in [2.45, 2.75) is 30.8 Å². The summed E-state index contributed by atoms with van der Waals surface area (Å²) in [7, 11) is -0.597. The number of sulfonamides is 1. The van der Waals surface area contributed by atoms with Crippen molar-refractivity contribution < 1.29 is 13.2 Å². The van der Waals surface area contributed by atoms with Crippen molar-refractivity contribution in [1.29, 1.82) is 0 Å². The van der Waals surface area contributed by atoms with E-state index in [9.17, 15) is 13.2 Å². The Bertz CT molecular complexity index is 1050. The van der Waals surface area contributed by atoms with E-state index in [4.69, 9.17) is 11.6 Å². The molecule has 0 radical (unpaired) electrons. The molecule has 3 rings (SSSR count). The predicted molar refractivity (Wildman–Crippen MR) is 128 cm³/mol. The highest BCUT2D eigenvalue weighted by molar-refractivity contribution is 7.89. The van der Waals surface area contributed by atoms with Crippen molar-refractivity contribution in [2.75, 3.05) is 45.6 Å². The average Bonchev–Trinajstić information content (AvgIpc) is 2.78. The fourth-order valence-corrected chi connectivity index (χ4v) is 5.12. The van der Waals surface area contributed by atoms with Gasteiger partial charge < -0.3 is 5.32 Å². The van der Waals surface area contributed by atoms with E-state index in [1.807, 2.05) is 25.1 Å². The Balaban J connectivity index is 1.59. The molecule has 2 aromatic carbocycles. The van der Waals surface area contributed by atoms with E-state index in [-0.39, 0.29) is 22.9 Å². The minimum Gasteiger partial charge on any atom is -0.325 e. The van der Waals surface area contributed by atoms with E-state index in [2.05, 4.69) is 28.1 Å². The molecule has 2 atom stereocenters. The Morgan fingerprint density at radius 1 is 1.00 bits per heavy atom. The number of carbonyl (C=O) groups is 1. The number of hydrogen-bond donors (Lipinski definition) is 1. The number of benzene rings is 2. The third-order valence-corrected chi connectivity index (χ3v) is 8.21. The summed E-state index contributed by atoms with van der Waals surface area (Å²) in [6.45, 7) is 7.22. The summed E-state index contributed by atoms with van der Waals surface area (Å²) >= 11 is 6.36. The van der Waals surface area contributed by atoms with Crippen LogP contribution in [-0.4, -0.2) is 74.7 Å². The summed E-state index contributed by atoms with van der Waals surface area (Å²) in [4.78, 5) is 17.5. The molecular formula is C23H31ClN4O3S. The molecule has 2 unspecified atom stereocenters. The summed E-state index contributed by atoms with van der Waals surface area (Å²) in [6.07, 6.45) is 0. The molecule has 1 heterocycles. The molecule has 174 valence electrons. The molecule has 1 amide bonds. The Kier molecular flexibility index (Phi) is 7.95. The van der Waals surface area contributed by atoms with E-state index in [0.717, 1.165) is 41.1 Å².